The van der Waals surface area contributed by atoms with E-state index >= 15 is 0 Å². The lowest BCUT2D eigenvalue weighted by Crippen LogP contribution is -2.49. The number of rotatable bonds is 11. The molecular formula is C25H32Cl2N2O3. The Morgan fingerprint density at radius 2 is 1.75 bits per heavy atom. The van der Waals surface area contributed by atoms with Gasteiger partial charge in [-0.25, -0.2) is 0 Å². The zero-order valence-electron chi connectivity index (χ0n) is 19.2. The monoisotopic (exact) mass is 478 g/mol. The number of ether oxygens (including phenoxy) is 1. The number of hydrogen-bond donors (Lipinski definition) is 1. The van der Waals surface area contributed by atoms with Crippen molar-refractivity contribution in [2.45, 2.75) is 65.6 Å². The molecule has 7 heteroatoms. The second-order valence-corrected chi connectivity index (χ2v) is 8.84. The molecule has 0 aliphatic carbocycles. The molecule has 2 aromatic carbocycles. The number of aryl methyl sites for hydroxylation is 1. The van der Waals surface area contributed by atoms with Gasteiger partial charge in [-0.15, -0.1) is 0 Å². The van der Waals surface area contributed by atoms with Crippen LogP contribution in [0.2, 0.25) is 10.0 Å². The van der Waals surface area contributed by atoms with Crippen LogP contribution in [-0.4, -0.2) is 35.4 Å². The summed E-state index contributed by atoms with van der Waals surface area (Å²) in [4.78, 5) is 27.4. The Morgan fingerprint density at radius 1 is 1.06 bits per heavy atom. The Morgan fingerprint density at radius 3 is 2.38 bits per heavy atom. The second-order valence-electron chi connectivity index (χ2n) is 8.03. The summed E-state index contributed by atoms with van der Waals surface area (Å²) in [6.07, 6.45) is 1.63. The molecule has 1 N–H and O–H groups in total. The maximum Gasteiger partial charge on any atom is 0.242 e. The van der Waals surface area contributed by atoms with Crippen LogP contribution in [0.1, 0.15) is 51.2 Å². The van der Waals surface area contributed by atoms with Crippen molar-refractivity contribution in [2.24, 2.45) is 0 Å². The Bertz CT molecular complexity index is 903. The van der Waals surface area contributed by atoms with Crippen molar-refractivity contribution in [3.8, 4) is 5.75 Å². The average Bonchev–Trinajstić information content (AvgIpc) is 2.77. The number of hydrogen-bond acceptors (Lipinski definition) is 3. The fraction of sp³-hybridized carbons (Fsp3) is 0.440. The van der Waals surface area contributed by atoms with Crippen LogP contribution >= 0.6 is 23.2 Å². The number of amides is 2. The van der Waals surface area contributed by atoms with Crippen LogP contribution in [0.5, 0.6) is 5.75 Å². The van der Waals surface area contributed by atoms with Crippen LogP contribution in [0.3, 0.4) is 0 Å². The first-order chi connectivity index (χ1) is 15.2. The van der Waals surface area contributed by atoms with Crippen molar-refractivity contribution in [1.29, 1.82) is 0 Å². The van der Waals surface area contributed by atoms with E-state index in [4.69, 9.17) is 27.9 Å². The largest absolute Gasteiger partial charge is 0.494 e. The SMILES string of the molecule is CC[C@@H](C)NC(=O)[C@H](C)N(Cc1ccc(Cl)c(Cl)c1)C(=O)CCCOc1ccc(C)cc1. The summed E-state index contributed by atoms with van der Waals surface area (Å²) in [5.74, 6) is 0.482. The third-order valence-corrected chi connectivity index (χ3v) is 6.07. The third kappa shape index (κ3) is 8.03. The number of nitrogens with zero attached hydrogens (tertiary/aromatic N) is 1. The van der Waals surface area contributed by atoms with Crippen molar-refractivity contribution < 1.29 is 14.3 Å². The van der Waals surface area contributed by atoms with Gasteiger partial charge in [0.15, 0.2) is 0 Å². The summed E-state index contributed by atoms with van der Waals surface area (Å²) in [5.41, 5.74) is 1.97. The van der Waals surface area contributed by atoms with Crippen LogP contribution < -0.4 is 10.1 Å². The molecule has 32 heavy (non-hydrogen) atoms. The van der Waals surface area contributed by atoms with Gasteiger partial charge < -0.3 is 15.0 Å². The highest BCUT2D eigenvalue weighted by Gasteiger charge is 2.26. The molecule has 174 valence electrons. The minimum atomic E-state index is -0.621. The number of halogens is 2. The molecule has 2 aromatic rings. The van der Waals surface area contributed by atoms with Gasteiger partial charge in [-0.1, -0.05) is 53.9 Å². The first kappa shape index (κ1) is 26.0. The number of carbonyl (C=O) groups is 2. The minimum Gasteiger partial charge on any atom is -0.494 e. The molecule has 0 spiro atoms. The molecular weight excluding hydrogens is 447 g/mol. The van der Waals surface area contributed by atoms with Gasteiger partial charge >= 0.3 is 0 Å². The molecule has 5 nitrogen and oxygen atoms in total. The van der Waals surface area contributed by atoms with Gasteiger partial charge in [-0.3, -0.25) is 9.59 Å². The number of nitrogens with one attached hydrogen (secondary N) is 1. The van der Waals surface area contributed by atoms with Gasteiger partial charge in [0.05, 0.1) is 16.7 Å². The molecule has 2 amide bonds. The standard InChI is InChI=1S/C25H32Cl2N2O3/c1-5-18(3)28-25(31)19(4)29(16-20-10-13-22(26)23(27)15-20)24(30)7-6-14-32-21-11-8-17(2)9-12-21/h8-13,15,18-19H,5-7,14,16H2,1-4H3,(H,28,31)/t18-,19+/m1/s1. The lowest BCUT2D eigenvalue weighted by Gasteiger charge is -2.30. The van der Waals surface area contributed by atoms with Gasteiger partial charge in [0.1, 0.15) is 11.8 Å². The maximum atomic E-state index is 13.1. The summed E-state index contributed by atoms with van der Waals surface area (Å²) in [6, 6.07) is 12.4. The smallest absolute Gasteiger partial charge is 0.242 e. The zero-order chi connectivity index (χ0) is 23.7. The van der Waals surface area contributed by atoms with Crippen LogP contribution in [0.25, 0.3) is 0 Å². The predicted molar refractivity (Wildman–Crippen MR) is 130 cm³/mol. The molecule has 2 atom stereocenters. The Kier molecular flexibility index (Phi) is 10.3. The van der Waals surface area contributed by atoms with E-state index in [1.165, 1.54) is 0 Å². The average molecular weight is 479 g/mol. The maximum absolute atomic E-state index is 13.1. The van der Waals surface area contributed by atoms with Crippen molar-refractivity contribution >= 4 is 35.0 Å². The highest BCUT2D eigenvalue weighted by molar-refractivity contribution is 6.42. The van der Waals surface area contributed by atoms with E-state index in [1.54, 1.807) is 24.0 Å². The summed E-state index contributed by atoms with van der Waals surface area (Å²) >= 11 is 12.2. The van der Waals surface area contributed by atoms with E-state index in [0.29, 0.717) is 23.1 Å². The Labute approximate surface area is 201 Å². The normalized spacial score (nSPS) is 12.7. The first-order valence-electron chi connectivity index (χ1n) is 10.9. The van der Waals surface area contributed by atoms with Crippen LogP contribution in [-0.2, 0) is 16.1 Å². The Hall–Kier alpha value is -2.24. The Balaban J connectivity index is 2.04. The van der Waals surface area contributed by atoms with Crippen LogP contribution in [0.4, 0.5) is 0 Å². The molecule has 0 unspecified atom stereocenters. The topological polar surface area (TPSA) is 58.6 Å². The molecule has 0 radical (unpaired) electrons. The highest BCUT2D eigenvalue weighted by atomic mass is 35.5. The summed E-state index contributed by atoms with van der Waals surface area (Å²) in [6.45, 7) is 8.40. The quantitative estimate of drug-likeness (QED) is 0.415. The summed E-state index contributed by atoms with van der Waals surface area (Å²) in [5, 5.41) is 3.82. The number of carbonyl (C=O) groups excluding carboxylic acids is 2. The van der Waals surface area contributed by atoms with Gasteiger partial charge in [-0.05, 0) is 63.4 Å². The van der Waals surface area contributed by atoms with E-state index in [0.717, 1.165) is 23.3 Å². The zero-order valence-corrected chi connectivity index (χ0v) is 20.7. The lowest BCUT2D eigenvalue weighted by molar-refractivity contribution is -0.141. The van der Waals surface area contributed by atoms with Crippen LogP contribution in [0, 0.1) is 6.92 Å². The van der Waals surface area contributed by atoms with Gasteiger partial charge in [0.2, 0.25) is 11.8 Å². The second kappa shape index (κ2) is 12.7. The highest BCUT2D eigenvalue weighted by Crippen LogP contribution is 2.24. The van der Waals surface area contributed by atoms with Crippen molar-refractivity contribution in [1.82, 2.24) is 10.2 Å². The summed E-state index contributed by atoms with van der Waals surface area (Å²) in [7, 11) is 0. The van der Waals surface area contributed by atoms with Crippen molar-refractivity contribution in [2.75, 3.05) is 6.61 Å². The lowest BCUT2D eigenvalue weighted by atomic mass is 10.1. The minimum absolute atomic E-state index is 0.0368. The molecule has 0 saturated carbocycles. The van der Waals surface area contributed by atoms with E-state index in [1.807, 2.05) is 51.1 Å². The van der Waals surface area contributed by atoms with Crippen molar-refractivity contribution in [3.63, 3.8) is 0 Å². The molecule has 0 bridgehead atoms. The molecule has 0 fully saturated rings. The molecule has 0 aliphatic rings. The molecule has 0 saturated heterocycles. The van der Waals surface area contributed by atoms with E-state index in [-0.39, 0.29) is 30.8 Å². The first-order valence-corrected chi connectivity index (χ1v) is 11.7. The molecule has 0 aromatic heterocycles. The molecule has 0 heterocycles. The molecule has 0 aliphatic heterocycles. The van der Waals surface area contributed by atoms with E-state index in [9.17, 15) is 9.59 Å². The molecule has 2 rings (SSSR count). The van der Waals surface area contributed by atoms with Crippen molar-refractivity contribution in [3.05, 3.63) is 63.6 Å². The summed E-state index contributed by atoms with van der Waals surface area (Å²) < 4.78 is 5.73. The number of benzene rings is 2. The fourth-order valence-corrected chi connectivity index (χ4v) is 3.40. The third-order valence-electron chi connectivity index (χ3n) is 5.33. The van der Waals surface area contributed by atoms with Gasteiger partial charge in [0.25, 0.3) is 0 Å². The van der Waals surface area contributed by atoms with E-state index < -0.39 is 6.04 Å². The van der Waals surface area contributed by atoms with Gasteiger partial charge in [-0.2, -0.15) is 0 Å². The van der Waals surface area contributed by atoms with E-state index in [2.05, 4.69) is 5.32 Å². The van der Waals surface area contributed by atoms with Gasteiger partial charge in [0, 0.05) is 19.0 Å². The predicted octanol–water partition coefficient (Wildman–Crippen LogP) is 5.79. The van der Waals surface area contributed by atoms with Crippen LogP contribution in [0.15, 0.2) is 42.5 Å². The fourth-order valence-electron chi connectivity index (χ4n) is 3.07.